The van der Waals surface area contributed by atoms with Gasteiger partial charge in [0.15, 0.2) is 0 Å². The number of likely N-dealkylation sites (N-methyl/N-ethyl adjacent to an activating group) is 1. The monoisotopic (exact) mass is 429 g/mol. The van der Waals surface area contributed by atoms with Crippen molar-refractivity contribution in [2.24, 2.45) is 5.92 Å². The van der Waals surface area contributed by atoms with E-state index in [1.54, 1.807) is 10.8 Å². The lowest BCUT2D eigenvalue weighted by atomic mass is 9.83. The molecule has 0 spiro atoms. The van der Waals surface area contributed by atoms with E-state index in [2.05, 4.69) is 99.3 Å². The molecule has 4 rings (SSSR count). The Morgan fingerprint density at radius 1 is 0.903 bits per heavy atom. The van der Waals surface area contributed by atoms with Gasteiger partial charge in [0.2, 0.25) is 0 Å². The number of hydrogen-bond donors (Lipinski definition) is 0. The van der Waals surface area contributed by atoms with Crippen LogP contribution in [0, 0.1) is 12.8 Å². The summed E-state index contributed by atoms with van der Waals surface area (Å²) < 4.78 is 0. The molecule has 1 aliphatic carbocycles. The molecule has 1 fully saturated rings. The summed E-state index contributed by atoms with van der Waals surface area (Å²) in [7, 11) is 0.875. The molecule has 1 atom stereocenters. The Morgan fingerprint density at radius 2 is 1.61 bits per heavy atom. The van der Waals surface area contributed by atoms with Gasteiger partial charge in [-0.2, -0.15) is 0 Å². The van der Waals surface area contributed by atoms with E-state index in [9.17, 15) is 0 Å². The third-order valence-electron chi connectivity index (χ3n) is 7.21. The van der Waals surface area contributed by atoms with Crippen LogP contribution in [0.1, 0.15) is 55.7 Å². The second kappa shape index (κ2) is 9.20. The lowest BCUT2D eigenvalue weighted by Crippen LogP contribution is -2.33. The summed E-state index contributed by atoms with van der Waals surface area (Å²) >= 11 is 0. The highest BCUT2D eigenvalue weighted by Gasteiger charge is 2.31. The zero-order valence-corrected chi connectivity index (χ0v) is 21.1. The summed E-state index contributed by atoms with van der Waals surface area (Å²) in [6.45, 7) is 9.78. The Morgan fingerprint density at radius 3 is 2.26 bits per heavy atom. The van der Waals surface area contributed by atoms with Gasteiger partial charge < -0.3 is 4.90 Å². The SMILES string of the molecule is Cc1cc(-c2ccccc2)ccc1C1C=C(CC2CCCCC2)C([Si](C)(C)C)=CN1C. The maximum Gasteiger partial charge on any atom is 0.0798 e. The molecule has 0 radical (unpaired) electrons. The second-order valence-corrected chi connectivity index (χ2v) is 15.8. The zero-order valence-electron chi connectivity index (χ0n) is 20.1. The lowest BCUT2D eigenvalue weighted by Gasteiger charge is -2.38. The van der Waals surface area contributed by atoms with Gasteiger partial charge in [-0.05, 0) is 58.5 Å². The molecule has 2 aromatic carbocycles. The van der Waals surface area contributed by atoms with E-state index < -0.39 is 8.07 Å². The minimum absolute atomic E-state index is 0.337. The number of nitrogens with zero attached hydrogens (tertiary/aromatic N) is 1. The highest BCUT2D eigenvalue weighted by molar-refractivity contribution is 6.84. The maximum absolute atomic E-state index is 2.62. The first-order valence-electron chi connectivity index (χ1n) is 12.1. The van der Waals surface area contributed by atoms with Gasteiger partial charge in [0.05, 0.1) is 14.1 Å². The van der Waals surface area contributed by atoms with Crippen LogP contribution < -0.4 is 0 Å². The van der Waals surface area contributed by atoms with Gasteiger partial charge in [-0.25, -0.2) is 0 Å². The van der Waals surface area contributed by atoms with Gasteiger partial charge in [-0.3, -0.25) is 0 Å². The number of hydrogen-bond acceptors (Lipinski definition) is 1. The molecule has 2 aromatic rings. The largest absolute Gasteiger partial charge is 0.370 e. The van der Waals surface area contributed by atoms with E-state index in [0.717, 1.165) is 5.92 Å². The van der Waals surface area contributed by atoms with Crippen LogP contribution in [-0.4, -0.2) is 20.0 Å². The van der Waals surface area contributed by atoms with Crippen LogP contribution in [0.3, 0.4) is 0 Å². The van der Waals surface area contributed by atoms with Crippen molar-refractivity contribution in [1.82, 2.24) is 4.90 Å². The van der Waals surface area contributed by atoms with Gasteiger partial charge in [0.25, 0.3) is 0 Å². The molecular weight excluding hydrogens is 390 g/mol. The fourth-order valence-electron chi connectivity index (χ4n) is 5.45. The molecule has 2 heteroatoms. The summed E-state index contributed by atoms with van der Waals surface area (Å²) in [6, 6.07) is 18.1. The molecule has 1 heterocycles. The van der Waals surface area contributed by atoms with Crippen molar-refractivity contribution in [2.75, 3.05) is 7.05 Å². The first-order valence-corrected chi connectivity index (χ1v) is 15.6. The summed E-state index contributed by atoms with van der Waals surface area (Å²) in [6.07, 6.45) is 13.5. The van der Waals surface area contributed by atoms with Gasteiger partial charge in [-0.1, -0.05) is 106 Å². The Hall–Kier alpha value is -2.06. The Balaban J connectivity index is 1.66. The molecule has 1 aliphatic heterocycles. The van der Waals surface area contributed by atoms with Crippen LogP contribution >= 0.6 is 0 Å². The summed E-state index contributed by atoms with van der Waals surface area (Å²) in [5, 5.41) is 1.66. The Labute approximate surface area is 190 Å². The third-order valence-corrected chi connectivity index (χ3v) is 9.28. The van der Waals surface area contributed by atoms with Crippen molar-refractivity contribution >= 4 is 8.07 Å². The van der Waals surface area contributed by atoms with Gasteiger partial charge in [0.1, 0.15) is 0 Å². The van der Waals surface area contributed by atoms with Crippen molar-refractivity contribution in [3.63, 3.8) is 0 Å². The number of rotatable bonds is 5. The molecule has 0 N–H and O–H groups in total. The topological polar surface area (TPSA) is 3.24 Å². The third kappa shape index (κ3) is 5.06. The average molecular weight is 430 g/mol. The second-order valence-electron chi connectivity index (χ2n) is 10.7. The van der Waals surface area contributed by atoms with E-state index >= 15 is 0 Å². The Kier molecular flexibility index (Phi) is 6.57. The molecule has 164 valence electrons. The molecule has 31 heavy (non-hydrogen) atoms. The predicted molar refractivity (Wildman–Crippen MR) is 138 cm³/mol. The normalized spacial score (nSPS) is 20.4. The van der Waals surface area contributed by atoms with E-state index in [1.807, 2.05) is 0 Å². The number of allylic oxidation sites excluding steroid dienone is 2. The van der Waals surface area contributed by atoms with Gasteiger partial charge in [0, 0.05) is 7.05 Å². The fraction of sp³-hybridized carbons (Fsp3) is 0.448. The van der Waals surface area contributed by atoms with Crippen LogP contribution in [0.15, 0.2) is 71.6 Å². The van der Waals surface area contributed by atoms with Crippen LogP contribution in [0.2, 0.25) is 19.6 Å². The summed E-state index contributed by atoms with van der Waals surface area (Å²) in [5.74, 6) is 0.880. The average Bonchev–Trinajstić information content (AvgIpc) is 2.75. The van der Waals surface area contributed by atoms with Crippen LogP contribution in [-0.2, 0) is 0 Å². The van der Waals surface area contributed by atoms with Crippen LogP contribution in [0.5, 0.6) is 0 Å². The lowest BCUT2D eigenvalue weighted by molar-refractivity contribution is 0.348. The summed E-state index contributed by atoms with van der Waals surface area (Å²) in [4.78, 5) is 2.46. The zero-order chi connectivity index (χ0) is 22.0. The first-order chi connectivity index (χ1) is 14.8. The molecule has 2 aliphatic rings. The number of aryl methyl sites for hydroxylation is 1. The van der Waals surface area contributed by atoms with Crippen molar-refractivity contribution in [3.8, 4) is 11.1 Å². The minimum atomic E-state index is -1.39. The molecule has 0 saturated heterocycles. The van der Waals surface area contributed by atoms with E-state index in [1.165, 1.54) is 60.8 Å². The summed E-state index contributed by atoms with van der Waals surface area (Å²) in [5.41, 5.74) is 7.08. The molecule has 0 aromatic heterocycles. The Bertz CT molecular complexity index is 958. The first kappa shape index (κ1) is 22.1. The van der Waals surface area contributed by atoms with E-state index in [-0.39, 0.29) is 0 Å². The van der Waals surface area contributed by atoms with Crippen molar-refractivity contribution in [2.45, 2.75) is 71.1 Å². The van der Waals surface area contributed by atoms with E-state index in [4.69, 9.17) is 0 Å². The smallest absolute Gasteiger partial charge is 0.0798 e. The minimum Gasteiger partial charge on any atom is -0.370 e. The van der Waals surface area contributed by atoms with Gasteiger partial charge in [-0.15, -0.1) is 0 Å². The standard InChI is InChI=1S/C29H39NSi/c1-22-18-25(24-14-10-7-11-15-24)16-17-27(22)28-20-26(19-23-12-8-6-9-13-23)29(21-30(28)2)31(3,4)5/h7,10-11,14-18,20-21,23,28H,6,8-9,12-13,19H2,1-5H3. The number of benzene rings is 2. The molecular formula is C29H39NSi. The molecule has 0 bridgehead atoms. The van der Waals surface area contributed by atoms with E-state index in [0.29, 0.717) is 6.04 Å². The maximum atomic E-state index is 2.62. The quantitative estimate of drug-likeness (QED) is 0.432. The van der Waals surface area contributed by atoms with Crippen molar-refractivity contribution in [1.29, 1.82) is 0 Å². The van der Waals surface area contributed by atoms with Crippen LogP contribution in [0.25, 0.3) is 11.1 Å². The molecule has 0 amide bonds. The van der Waals surface area contributed by atoms with Crippen molar-refractivity contribution < 1.29 is 0 Å². The molecule has 1 nitrogen and oxygen atoms in total. The highest BCUT2D eigenvalue weighted by atomic mass is 28.3. The predicted octanol–water partition coefficient (Wildman–Crippen LogP) is 8.31. The fourth-order valence-corrected chi connectivity index (χ4v) is 7.19. The van der Waals surface area contributed by atoms with Crippen LogP contribution in [0.4, 0.5) is 0 Å². The highest BCUT2D eigenvalue weighted by Crippen LogP contribution is 2.40. The van der Waals surface area contributed by atoms with Crippen molar-refractivity contribution in [3.05, 3.63) is 82.7 Å². The molecule has 1 saturated carbocycles. The molecule has 1 unspecified atom stereocenters. The van der Waals surface area contributed by atoms with Gasteiger partial charge >= 0.3 is 0 Å².